The highest BCUT2D eigenvalue weighted by molar-refractivity contribution is 8.00. The molecule has 3 aromatic rings. The number of amides is 3. The molecule has 3 amide bonds. The average Bonchev–Trinajstić information content (AvgIpc) is 3.17. The molecule has 0 saturated heterocycles. The highest BCUT2D eigenvalue weighted by Gasteiger charge is 2.21. The fourth-order valence-corrected chi connectivity index (χ4v) is 3.33. The Labute approximate surface area is 159 Å². The number of imide groups is 1. The van der Waals surface area contributed by atoms with Crippen LogP contribution in [0.4, 0.5) is 4.79 Å². The van der Waals surface area contributed by atoms with Gasteiger partial charge in [0, 0.05) is 7.05 Å². The maximum Gasteiger partial charge on any atom is 0.321 e. The summed E-state index contributed by atoms with van der Waals surface area (Å²) < 4.78 is 6.82. The lowest BCUT2D eigenvalue weighted by Gasteiger charge is -2.15. The van der Waals surface area contributed by atoms with Crippen molar-refractivity contribution in [1.82, 2.24) is 20.2 Å². The number of urea groups is 1. The van der Waals surface area contributed by atoms with E-state index in [0.717, 1.165) is 11.8 Å². The number of carbonyl (C=O) groups is 2. The van der Waals surface area contributed by atoms with E-state index in [2.05, 4.69) is 15.6 Å². The SMILES string of the molecule is CNC(=O)NC(=O)C(C)Sc1nc2ccccc2c(=O)n1Cc1ccco1. The van der Waals surface area contributed by atoms with E-state index in [4.69, 9.17) is 4.42 Å². The lowest BCUT2D eigenvalue weighted by atomic mass is 10.2. The van der Waals surface area contributed by atoms with Gasteiger partial charge in [0.05, 0.1) is 29.0 Å². The van der Waals surface area contributed by atoms with Gasteiger partial charge in [-0.25, -0.2) is 9.78 Å². The van der Waals surface area contributed by atoms with Crippen LogP contribution in [-0.2, 0) is 11.3 Å². The number of furan rings is 1. The summed E-state index contributed by atoms with van der Waals surface area (Å²) in [6, 6.07) is 9.93. The van der Waals surface area contributed by atoms with Crippen molar-refractivity contribution in [3.63, 3.8) is 0 Å². The van der Waals surface area contributed by atoms with E-state index in [0.29, 0.717) is 21.8 Å². The van der Waals surface area contributed by atoms with Gasteiger partial charge in [0.15, 0.2) is 5.16 Å². The van der Waals surface area contributed by atoms with Crippen LogP contribution in [0.25, 0.3) is 10.9 Å². The summed E-state index contributed by atoms with van der Waals surface area (Å²) >= 11 is 1.10. The molecule has 0 fully saturated rings. The molecule has 1 unspecified atom stereocenters. The molecule has 0 spiro atoms. The Kier molecular flexibility index (Phi) is 5.60. The van der Waals surface area contributed by atoms with Crippen LogP contribution in [0.2, 0.25) is 0 Å². The Hall–Kier alpha value is -3.07. The number of benzene rings is 1. The fourth-order valence-electron chi connectivity index (χ4n) is 2.42. The van der Waals surface area contributed by atoms with Gasteiger partial charge in [0.25, 0.3) is 5.56 Å². The van der Waals surface area contributed by atoms with Crippen LogP contribution >= 0.6 is 11.8 Å². The predicted octanol–water partition coefficient (Wildman–Crippen LogP) is 1.97. The molecule has 2 N–H and O–H groups in total. The number of thioether (sulfide) groups is 1. The molecule has 8 nitrogen and oxygen atoms in total. The third kappa shape index (κ3) is 4.20. The van der Waals surface area contributed by atoms with Gasteiger partial charge in [0.2, 0.25) is 5.91 Å². The van der Waals surface area contributed by atoms with Crippen LogP contribution in [0.5, 0.6) is 0 Å². The van der Waals surface area contributed by atoms with Crippen molar-refractivity contribution in [1.29, 1.82) is 0 Å². The molecule has 27 heavy (non-hydrogen) atoms. The zero-order valence-electron chi connectivity index (χ0n) is 14.8. The normalized spacial score (nSPS) is 11.9. The summed E-state index contributed by atoms with van der Waals surface area (Å²) in [7, 11) is 1.42. The van der Waals surface area contributed by atoms with Crippen LogP contribution in [0, 0.1) is 0 Å². The molecule has 0 aliphatic carbocycles. The number of hydrogen-bond donors (Lipinski definition) is 2. The van der Waals surface area contributed by atoms with E-state index >= 15 is 0 Å². The number of aromatic nitrogens is 2. The lowest BCUT2D eigenvalue weighted by molar-refractivity contribution is -0.119. The number of hydrogen-bond acceptors (Lipinski definition) is 6. The molecule has 0 aliphatic rings. The lowest BCUT2D eigenvalue weighted by Crippen LogP contribution is -2.41. The van der Waals surface area contributed by atoms with Crippen molar-refractivity contribution >= 4 is 34.6 Å². The quantitative estimate of drug-likeness (QED) is 0.513. The molecule has 2 heterocycles. The van der Waals surface area contributed by atoms with E-state index in [-0.39, 0.29) is 12.1 Å². The largest absolute Gasteiger partial charge is 0.467 e. The van der Waals surface area contributed by atoms with Gasteiger partial charge >= 0.3 is 6.03 Å². The summed E-state index contributed by atoms with van der Waals surface area (Å²) in [5.41, 5.74) is 0.318. The van der Waals surface area contributed by atoms with Crippen molar-refractivity contribution in [3.8, 4) is 0 Å². The standard InChI is InChI=1S/C18H18N4O4S/c1-11(15(23)21-17(25)19-2)27-18-20-14-8-4-3-7-13(14)16(24)22(18)10-12-6-5-9-26-12/h3-9,11H,10H2,1-2H3,(H2,19,21,23,25). The van der Waals surface area contributed by atoms with Crippen LogP contribution in [0.15, 0.2) is 57.0 Å². The number of rotatable bonds is 5. The maximum atomic E-state index is 13.0. The average molecular weight is 386 g/mol. The molecule has 140 valence electrons. The first kappa shape index (κ1) is 18.7. The second-order valence-corrected chi connectivity index (χ2v) is 7.02. The van der Waals surface area contributed by atoms with Crippen molar-refractivity contribution in [2.75, 3.05) is 7.05 Å². The first-order chi connectivity index (χ1) is 13.0. The van der Waals surface area contributed by atoms with Gasteiger partial charge in [-0.05, 0) is 31.2 Å². The highest BCUT2D eigenvalue weighted by atomic mass is 32.2. The fraction of sp³-hybridized carbons (Fsp3) is 0.222. The van der Waals surface area contributed by atoms with Gasteiger partial charge < -0.3 is 9.73 Å². The minimum absolute atomic E-state index is 0.190. The Morgan fingerprint density at radius 3 is 2.74 bits per heavy atom. The summed E-state index contributed by atoms with van der Waals surface area (Å²) in [6.07, 6.45) is 1.53. The molecule has 0 saturated carbocycles. The summed E-state index contributed by atoms with van der Waals surface area (Å²) in [5, 5.41) is 4.76. The minimum Gasteiger partial charge on any atom is -0.467 e. The zero-order chi connectivity index (χ0) is 19.4. The topological polar surface area (TPSA) is 106 Å². The molecule has 2 aromatic heterocycles. The second kappa shape index (κ2) is 8.09. The number of para-hydroxylation sites is 1. The van der Waals surface area contributed by atoms with Crippen molar-refractivity contribution in [2.45, 2.75) is 23.9 Å². The van der Waals surface area contributed by atoms with Crippen LogP contribution in [0.1, 0.15) is 12.7 Å². The molecule has 0 radical (unpaired) electrons. The Morgan fingerprint density at radius 2 is 2.04 bits per heavy atom. The molecule has 3 rings (SSSR count). The van der Waals surface area contributed by atoms with E-state index in [9.17, 15) is 14.4 Å². The zero-order valence-corrected chi connectivity index (χ0v) is 15.6. The van der Waals surface area contributed by atoms with Crippen LogP contribution < -0.4 is 16.2 Å². The van der Waals surface area contributed by atoms with Gasteiger partial charge in [-0.3, -0.25) is 19.5 Å². The monoisotopic (exact) mass is 386 g/mol. The van der Waals surface area contributed by atoms with E-state index in [1.807, 2.05) is 0 Å². The van der Waals surface area contributed by atoms with Gasteiger partial charge in [-0.2, -0.15) is 0 Å². The van der Waals surface area contributed by atoms with Gasteiger partial charge in [-0.1, -0.05) is 23.9 Å². The first-order valence-corrected chi connectivity index (χ1v) is 9.08. The van der Waals surface area contributed by atoms with E-state index in [1.54, 1.807) is 43.3 Å². The van der Waals surface area contributed by atoms with Crippen LogP contribution in [0.3, 0.4) is 0 Å². The predicted molar refractivity (Wildman–Crippen MR) is 102 cm³/mol. The number of nitrogens with zero attached hydrogens (tertiary/aromatic N) is 2. The molecule has 1 atom stereocenters. The minimum atomic E-state index is -0.641. The summed E-state index contributed by atoms with van der Waals surface area (Å²) in [5.74, 6) is 0.116. The Bertz CT molecular complexity index is 1030. The molecule has 0 bridgehead atoms. The van der Waals surface area contributed by atoms with Crippen molar-refractivity contribution in [2.24, 2.45) is 0 Å². The summed E-state index contributed by atoms with van der Waals surface area (Å²) in [6.45, 7) is 1.83. The molecule has 1 aromatic carbocycles. The second-order valence-electron chi connectivity index (χ2n) is 5.71. The van der Waals surface area contributed by atoms with Crippen molar-refractivity contribution < 1.29 is 14.0 Å². The van der Waals surface area contributed by atoms with E-state index in [1.165, 1.54) is 17.9 Å². The van der Waals surface area contributed by atoms with Crippen molar-refractivity contribution in [3.05, 3.63) is 58.8 Å². The number of carbonyl (C=O) groups excluding carboxylic acids is 2. The number of nitrogens with one attached hydrogen (secondary N) is 2. The molecule has 9 heteroatoms. The summed E-state index contributed by atoms with van der Waals surface area (Å²) in [4.78, 5) is 41.0. The Balaban J connectivity index is 1.98. The van der Waals surface area contributed by atoms with Crippen LogP contribution in [-0.4, -0.2) is 33.8 Å². The smallest absolute Gasteiger partial charge is 0.321 e. The highest BCUT2D eigenvalue weighted by Crippen LogP contribution is 2.23. The maximum absolute atomic E-state index is 13.0. The Morgan fingerprint density at radius 1 is 1.26 bits per heavy atom. The van der Waals surface area contributed by atoms with E-state index < -0.39 is 17.2 Å². The first-order valence-electron chi connectivity index (χ1n) is 8.20. The molecule has 0 aliphatic heterocycles. The molecular formula is C18H18N4O4S. The van der Waals surface area contributed by atoms with Gasteiger partial charge in [-0.15, -0.1) is 0 Å². The number of fused-ring (bicyclic) bond motifs is 1. The third-order valence-corrected chi connectivity index (χ3v) is 4.93. The third-order valence-electron chi connectivity index (χ3n) is 3.84. The molecular weight excluding hydrogens is 368 g/mol. The van der Waals surface area contributed by atoms with Gasteiger partial charge in [0.1, 0.15) is 5.76 Å².